The lowest BCUT2D eigenvalue weighted by Crippen LogP contribution is -2.41. The number of ether oxygens (including phenoxy) is 1. The monoisotopic (exact) mass is 444 g/mol. The standard InChI is InChI=1S/C27H25FN2O3/c1-17-27(32)30(24-12-6-8-18-7-2-3-9-21(18)24)16-19-15-20(13-14-25(19)33-17)29-26(31)22-10-4-5-11-23(22)28/h2-5,7,9-11,13-15,17,24H,6,8,12,16H2,1H3,(H,29,31)/t17-,24-/m0/s1. The minimum absolute atomic E-state index is 0.0175. The number of hydrogen-bond acceptors (Lipinski definition) is 3. The van der Waals surface area contributed by atoms with Crippen molar-refractivity contribution in [2.75, 3.05) is 5.32 Å². The van der Waals surface area contributed by atoms with E-state index in [-0.39, 0.29) is 17.5 Å². The molecule has 6 heteroatoms. The van der Waals surface area contributed by atoms with E-state index < -0.39 is 17.8 Å². The molecule has 1 aliphatic heterocycles. The first kappa shape index (κ1) is 21.2. The van der Waals surface area contributed by atoms with E-state index >= 15 is 0 Å². The zero-order valence-corrected chi connectivity index (χ0v) is 18.4. The Bertz CT molecular complexity index is 1230. The van der Waals surface area contributed by atoms with Crippen molar-refractivity contribution in [3.05, 3.63) is 94.8 Å². The van der Waals surface area contributed by atoms with Crippen LogP contribution in [-0.4, -0.2) is 22.8 Å². The highest BCUT2D eigenvalue weighted by atomic mass is 19.1. The molecule has 0 spiro atoms. The Balaban J connectivity index is 1.45. The maximum absolute atomic E-state index is 14.0. The Morgan fingerprint density at radius 1 is 1.06 bits per heavy atom. The minimum atomic E-state index is -0.612. The summed E-state index contributed by atoms with van der Waals surface area (Å²) in [5.41, 5.74) is 3.79. The van der Waals surface area contributed by atoms with Crippen molar-refractivity contribution in [2.45, 2.75) is 44.9 Å². The summed E-state index contributed by atoms with van der Waals surface area (Å²) >= 11 is 0. The number of anilines is 1. The largest absolute Gasteiger partial charge is 0.481 e. The second-order valence-corrected chi connectivity index (χ2v) is 8.59. The van der Waals surface area contributed by atoms with Crippen LogP contribution in [0, 0.1) is 5.82 Å². The van der Waals surface area contributed by atoms with Crippen molar-refractivity contribution >= 4 is 17.5 Å². The third kappa shape index (κ3) is 4.09. The van der Waals surface area contributed by atoms with Gasteiger partial charge in [-0.3, -0.25) is 9.59 Å². The lowest BCUT2D eigenvalue weighted by Gasteiger charge is -2.35. The van der Waals surface area contributed by atoms with E-state index in [1.54, 1.807) is 37.3 Å². The first-order valence-electron chi connectivity index (χ1n) is 11.2. The molecular weight excluding hydrogens is 419 g/mol. The number of nitrogens with zero attached hydrogens (tertiary/aromatic N) is 1. The molecule has 2 amide bonds. The van der Waals surface area contributed by atoms with Crippen molar-refractivity contribution < 1.29 is 18.7 Å². The molecule has 0 aromatic heterocycles. The summed E-state index contributed by atoms with van der Waals surface area (Å²) in [5, 5.41) is 2.76. The molecule has 0 bridgehead atoms. The molecule has 0 fully saturated rings. The van der Waals surface area contributed by atoms with Gasteiger partial charge < -0.3 is 15.0 Å². The van der Waals surface area contributed by atoms with Crippen LogP contribution in [0.5, 0.6) is 5.75 Å². The predicted octanol–water partition coefficient (Wildman–Crippen LogP) is 5.27. The molecule has 33 heavy (non-hydrogen) atoms. The van der Waals surface area contributed by atoms with Crippen LogP contribution in [0.2, 0.25) is 0 Å². The first-order valence-corrected chi connectivity index (χ1v) is 11.2. The molecular formula is C27H25FN2O3. The Morgan fingerprint density at radius 2 is 1.85 bits per heavy atom. The molecule has 5 nitrogen and oxygen atoms in total. The fourth-order valence-electron chi connectivity index (χ4n) is 4.79. The van der Waals surface area contributed by atoms with Gasteiger partial charge in [0.15, 0.2) is 6.10 Å². The highest BCUT2D eigenvalue weighted by molar-refractivity contribution is 6.04. The van der Waals surface area contributed by atoms with E-state index in [9.17, 15) is 14.0 Å². The summed E-state index contributed by atoms with van der Waals surface area (Å²) in [6, 6.07) is 19.4. The topological polar surface area (TPSA) is 58.6 Å². The number of aryl methyl sites for hydroxylation is 1. The van der Waals surface area contributed by atoms with Gasteiger partial charge in [-0.25, -0.2) is 4.39 Å². The van der Waals surface area contributed by atoms with E-state index in [1.165, 1.54) is 23.3 Å². The average molecular weight is 445 g/mol. The van der Waals surface area contributed by atoms with Gasteiger partial charge in [0.1, 0.15) is 11.6 Å². The SMILES string of the molecule is C[C@@H]1Oc2ccc(NC(=O)c3ccccc3F)cc2CN([C@H]2CCCc3ccccc32)C1=O. The number of benzene rings is 3. The summed E-state index contributed by atoms with van der Waals surface area (Å²) in [4.78, 5) is 27.8. The lowest BCUT2D eigenvalue weighted by molar-refractivity contribution is -0.140. The number of nitrogens with one attached hydrogen (secondary N) is 1. The van der Waals surface area contributed by atoms with Crippen LogP contribution in [0.4, 0.5) is 10.1 Å². The third-order valence-corrected chi connectivity index (χ3v) is 6.43. The van der Waals surface area contributed by atoms with Crippen LogP contribution in [-0.2, 0) is 17.8 Å². The molecule has 3 aromatic rings. The van der Waals surface area contributed by atoms with Gasteiger partial charge in [0.25, 0.3) is 11.8 Å². The van der Waals surface area contributed by atoms with Gasteiger partial charge in [-0.1, -0.05) is 36.4 Å². The van der Waals surface area contributed by atoms with E-state index in [0.29, 0.717) is 18.0 Å². The summed E-state index contributed by atoms with van der Waals surface area (Å²) < 4.78 is 20.0. The number of hydrogen-bond donors (Lipinski definition) is 1. The minimum Gasteiger partial charge on any atom is -0.481 e. The molecule has 1 N–H and O–H groups in total. The number of amides is 2. The molecule has 0 saturated heterocycles. The van der Waals surface area contributed by atoms with E-state index in [0.717, 1.165) is 24.8 Å². The Kier molecular flexibility index (Phi) is 5.58. The Labute approximate surface area is 192 Å². The van der Waals surface area contributed by atoms with Crippen LogP contribution in [0.15, 0.2) is 66.7 Å². The average Bonchev–Trinajstić information content (AvgIpc) is 2.95. The van der Waals surface area contributed by atoms with Crippen molar-refractivity contribution in [3.63, 3.8) is 0 Å². The van der Waals surface area contributed by atoms with Crippen molar-refractivity contribution in [1.82, 2.24) is 4.90 Å². The Hall–Kier alpha value is -3.67. The second kappa shape index (κ2) is 8.70. The predicted molar refractivity (Wildman–Crippen MR) is 124 cm³/mol. The van der Waals surface area contributed by atoms with E-state index in [2.05, 4.69) is 17.4 Å². The fraction of sp³-hybridized carbons (Fsp3) is 0.259. The number of halogens is 1. The van der Waals surface area contributed by atoms with Gasteiger partial charge >= 0.3 is 0 Å². The quantitative estimate of drug-likeness (QED) is 0.599. The zero-order chi connectivity index (χ0) is 22.9. The fourth-order valence-corrected chi connectivity index (χ4v) is 4.79. The summed E-state index contributed by atoms with van der Waals surface area (Å²) in [6.07, 6.45) is 2.32. The summed E-state index contributed by atoms with van der Waals surface area (Å²) in [5.74, 6) is -0.532. The van der Waals surface area contributed by atoms with Gasteiger partial charge in [-0.15, -0.1) is 0 Å². The number of carbonyl (C=O) groups excluding carboxylic acids is 2. The summed E-state index contributed by atoms with van der Waals surface area (Å²) in [7, 11) is 0. The van der Waals surface area contributed by atoms with Crippen LogP contribution in [0.3, 0.4) is 0 Å². The molecule has 1 heterocycles. The van der Waals surface area contributed by atoms with Crippen molar-refractivity contribution in [1.29, 1.82) is 0 Å². The highest BCUT2D eigenvalue weighted by Gasteiger charge is 2.35. The summed E-state index contributed by atoms with van der Waals surface area (Å²) in [6.45, 7) is 2.15. The van der Waals surface area contributed by atoms with Gasteiger partial charge in [0, 0.05) is 11.3 Å². The third-order valence-electron chi connectivity index (χ3n) is 6.43. The number of carbonyl (C=O) groups is 2. The molecule has 168 valence electrons. The van der Waals surface area contributed by atoms with Gasteiger partial charge in [0.2, 0.25) is 0 Å². The maximum Gasteiger partial charge on any atom is 0.264 e. The molecule has 3 aromatic carbocycles. The number of rotatable bonds is 3. The van der Waals surface area contributed by atoms with E-state index in [1.807, 2.05) is 17.0 Å². The zero-order valence-electron chi connectivity index (χ0n) is 18.4. The molecule has 2 atom stereocenters. The van der Waals surface area contributed by atoms with Crippen LogP contribution in [0.1, 0.15) is 52.9 Å². The van der Waals surface area contributed by atoms with Gasteiger partial charge in [-0.05, 0) is 67.6 Å². The molecule has 0 saturated carbocycles. The maximum atomic E-state index is 14.0. The molecule has 0 radical (unpaired) electrons. The second-order valence-electron chi connectivity index (χ2n) is 8.59. The van der Waals surface area contributed by atoms with Crippen molar-refractivity contribution in [3.8, 4) is 5.75 Å². The van der Waals surface area contributed by atoms with Crippen molar-refractivity contribution in [2.24, 2.45) is 0 Å². The van der Waals surface area contributed by atoms with E-state index in [4.69, 9.17) is 4.74 Å². The van der Waals surface area contributed by atoms with Crippen LogP contribution in [0.25, 0.3) is 0 Å². The molecule has 0 unspecified atom stereocenters. The van der Waals surface area contributed by atoms with Crippen LogP contribution >= 0.6 is 0 Å². The van der Waals surface area contributed by atoms with Gasteiger partial charge in [-0.2, -0.15) is 0 Å². The van der Waals surface area contributed by atoms with Crippen LogP contribution < -0.4 is 10.1 Å². The molecule has 2 aliphatic rings. The molecule has 1 aliphatic carbocycles. The molecule has 5 rings (SSSR count). The normalized spacial score (nSPS) is 19.7. The Morgan fingerprint density at radius 3 is 2.70 bits per heavy atom. The van der Waals surface area contributed by atoms with Gasteiger partial charge in [0.05, 0.1) is 18.2 Å². The first-order chi connectivity index (χ1) is 16.0. The number of fused-ring (bicyclic) bond motifs is 2. The highest BCUT2D eigenvalue weighted by Crippen LogP contribution is 2.38. The lowest BCUT2D eigenvalue weighted by atomic mass is 9.86. The smallest absolute Gasteiger partial charge is 0.264 e.